The van der Waals surface area contributed by atoms with Crippen LogP contribution in [0.1, 0.15) is 17.3 Å². The van der Waals surface area contributed by atoms with E-state index in [1.54, 1.807) is 6.92 Å². The second-order valence-electron chi connectivity index (χ2n) is 3.46. The Morgan fingerprint density at radius 3 is 2.88 bits per heavy atom. The largest absolute Gasteiger partial charge is 0.494 e. The summed E-state index contributed by atoms with van der Waals surface area (Å²) >= 11 is 0. The first-order valence-corrected chi connectivity index (χ1v) is 4.93. The van der Waals surface area contributed by atoms with Crippen LogP contribution in [0, 0.1) is 5.82 Å². The summed E-state index contributed by atoms with van der Waals surface area (Å²) in [5.74, 6) is -0.741. The van der Waals surface area contributed by atoms with Gasteiger partial charge in [-0.2, -0.15) is 0 Å². The van der Waals surface area contributed by atoms with Crippen LogP contribution in [0.2, 0.25) is 0 Å². The van der Waals surface area contributed by atoms with E-state index >= 15 is 0 Å². The van der Waals surface area contributed by atoms with E-state index in [0.29, 0.717) is 12.1 Å². The molecule has 1 aromatic rings. The molecule has 0 fully saturated rings. The van der Waals surface area contributed by atoms with Crippen molar-refractivity contribution in [3.8, 4) is 5.75 Å². The Hall–Kier alpha value is -1.62. The average molecular weight is 226 g/mol. The fourth-order valence-corrected chi connectivity index (χ4v) is 1.17. The number of rotatable bonds is 4. The molecule has 0 aliphatic carbocycles. The van der Waals surface area contributed by atoms with Gasteiger partial charge in [0.1, 0.15) is 0 Å². The van der Waals surface area contributed by atoms with Gasteiger partial charge in [-0.3, -0.25) is 4.79 Å². The van der Waals surface area contributed by atoms with E-state index in [-0.39, 0.29) is 17.7 Å². The van der Waals surface area contributed by atoms with Gasteiger partial charge in [0, 0.05) is 18.2 Å². The standard InChI is InChI=1S/C11H15FN2O2/c1-7(6-13)14-11(15)8-3-4-9(12)10(5-8)16-2/h3-5,7H,6,13H2,1-2H3,(H,14,15)/t7-/m1/s1. The molecule has 0 aliphatic heterocycles. The van der Waals surface area contributed by atoms with Gasteiger partial charge in [-0.05, 0) is 25.1 Å². The zero-order valence-electron chi connectivity index (χ0n) is 9.29. The highest BCUT2D eigenvalue weighted by Gasteiger charge is 2.11. The monoisotopic (exact) mass is 226 g/mol. The van der Waals surface area contributed by atoms with Crippen molar-refractivity contribution in [2.45, 2.75) is 13.0 Å². The third-order valence-corrected chi connectivity index (χ3v) is 2.14. The maximum absolute atomic E-state index is 13.1. The molecule has 0 unspecified atom stereocenters. The van der Waals surface area contributed by atoms with Crippen LogP contribution in [0.4, 0.5) is 4.39 Å². The number of nitrogens with one attached hydrogen (secondary N) is 1. The van der Waals surface area contributed by atoms with E-state index in [2.05, 4.69) is 5.32 Å². The lowest BCUT2D eigenvalue weighted by Gasteiger charge is -2.11. The van der Waals surface area contributed by atoms with Crippen LogP contribution in [0.25, 0.3) is 0 Å². The summed E-state index contributed by atoms with van der Waals surface area (Å²) < 4.78 is 17.9. The molecule has 0 radical (unpaired) electrons. The predicted octanol–water partition coefficient (Wildman–Crippen LogP) is 0.911. The molecule has 0 aromatic heterocycles. The first kappa shape index (κ1) is 12.4. The van der Waals surface area contributed by atoms with Gasteiger partial charge in [-0.25, -0.2) is 4.39 Å². The van der Waals surface area contributed by atoms with Crippen LogP contribution in [-0.2, 0) is 0 Å². The topological polar surface area (TPSA) is 64.3 Å². The minimum atomic E-state index is -0.495. The summed E-state index contributed by atoms with van der Waals surface area (Å²) in [6.07, 6.45) is 0. The maximum atomic E-state index is 13.1. The predicted molar refractivity (Wildman–Crippen MR) is 58.9 cm³/mol. The second kappa shape index (κ2) is 5.46. The molecule has 0 spiro atoms. The van der Waals surface area contributed by atoms with Gasteiger partial charge < -0.3 is 15.8 Å². The van der Waals surface area contributed by atoms with Gasteiger partial charge in [-0.15, -0.1) is 0 Å². The molecule has 3 N–H and O–H groups in total. The molecule has 88 valence electrons. The smallest absolute Gasteiger partial charge is 0.251 e. The van der Waals surface area contributed by atoms with Crippen LogP contribution >= 0.6 is 0 Å². The highest BCUT2D eigenvalue weighted by Crippen LogP contribution is 2.18. The molecule has 0 heterocycles. The number of carbonyl (C=O) groups is 1. The van der Waals surface area contributed by atoms with Crippen LogP contribution in [-0.4, -0.2) is 25.6 Å². The Morgan fingerprint density at radius 1 is 1.62 bits per heavy atom. The molecule has 0 bridgehead atoms. The number of carbonyl (C=O) groups excluding carboxylic acids is 1. The van der Waals surface area contributed by atoms with E-state index in [4.69, 9.17) is 10.5 Å². The van der Waals surface area contributed by atoms with Crippen LogP contribution in [0.3, 0.4) is 0 Å². The lowest BCUT2D eigenvalue weighted by atomic mass is 10.2. The minimum absolute atomic E-state index is 0.0491. The quantitative estimate of drug-likeness (QED) is 0.802. The molecule has 0 aliphatic rings. The van der Waals surface area contributed by atoms with Crippen molar-refractivity contribution in [2.24, 2.45) is 5.73 Å². The number of methoxy groups -OCH3 is 1. The van der Waals surface area contributed by atoms with Crippen molar-refractivity contribution in [3.05, 3.63) is 29.6 Å². The summed E-state index contributed by atoms with van der Waals surface area (Å²) in [6.45, 7) is 2.14. The van der Waals surface area contributed by atoms with Crippen molar-refractivity contribution in [1.82, 2.24) is 5.32 Å². The van der Waals surface area contributed by atoms with E-state index in [0.717, 1.165) is 0 Å². The van der Waals surface area contributed by atoms with Gasteiger partial charge in [0.05, 0.1) is 7.11 Å². The molecule has 1 rings (SSSR count). The van der Waals surface area contributed by atoms with Gasteiger partial charge in [0.15, 0.2) is 11.6 Å². The van der Waals surface area contributed by atoms with Crippen molar-refractivity contribution < 1.29 is 13.9 Å². The van der Waals surface area contributed by atoms with E-state index < -0.39 is 5.82 Å². The lowest BCUT2D eigenvalue weighted by molar-refractivity contribution is 0.0941. The van der Waals surface area contributed by atoms with Crippen molar-refractivity contribution in [3.63, 3.8) is 0 Å². The van der Waals surface area contributed by atoms with Gasteiger partial charge in [0.25, 0.3) is 5.91 Å². The summed E-state index contributed by atoms with van der Waals surface area (Å²) in [6, 6.07) is 3.83. The molecular formula is C11H15FN2O2. The first-order chi connectivity index (χ1) is 7.58. The molecule has 5 heteroatoms. The maximum Gasteiger partial charge on any atom is 0.251 e. The zero-order valence-corrected chi connectivity index (χ0v) is 9.29. The van der Waals surface area contributed by atoms with Crippen LogP contribution in [0.15, 0.2) is 18.2 Å². The van der Waals surface area contributed by atoms with Crippen molar-refractivity contribution in [1.29, 1.82) is 0 Å². The van der Waals surface area contributed by atoms with E-state index in [1.807, 2.05) is 0 Å². The van der Waals surface area contributed by atoms with Gasteiger partial charge in [-0.1, -0.05) is 0 Å². The van der Waals surface area contributed by atoms with Crippen LogP contribution in [0.5, 0.6) is 5.75 Å². The molecule has 0 saturated heterocycles. The number of hydrogen-bond acceptors (Lipinski definition) is 3. The zero-order chi connectivity index (χ0) is 12.1. The Morgan fingerprint density at radius 2 is 2.31 bits per heavy atom. The number of nitrogens with two attached hydrogens (primary N) is 1. The molecule has 1 amide bonds. The highest BCUT2D eigenvalue weighted by atomic mass is 19.1. The highest BCUT2D eigenvalue weighted by molar-refractivity contribution is 5.94. The summed E-state index contributed by atoms with van der Waals surface area (Å²) in [5, 5.41) is 2.67. The fourth-order valence-electron chi connectivity index (χ4n) is 1.17. The third kappa shape index (κ3) is 2.93. The number of amides is 1. The normalized spacial score (nSPS) is 12.0. The van der Waals surface area contributed by atoms with Crippen molar-refractivity contribution >= 4 is 5.91 Å². The van der Waals surface area contributed by atoms with E-state index in [1.165, 1.54) is 25.3 Å². The minimum Gasteiger partial charge on any atom is -0.494 e. The molecular weight excluding hydrogens is 211 g/mol. The molecule has 1 atom stereocenters. The average Bonchev–Trinajstić information content (AvgIpc) is 2.29. The molecule has 1 aromatic carbocycles. The van der Waals surface area contributed by atoms with E-state index in [9.17, 15) is 9.18 Å². The number of benzene rings is 1. The molecule has 0 saturated carbocycles. The SMILES string of the molecule is COc1cc(C(=O)N[C@H](C)CN)ccc1F. The van der Waals surface area contributed by atoms with Gasteiger partial charge in [0.2, 0.25) is 0 Å². The number of hydrogen-bond donors (Lipinski definition) is 2. The Labute approximate surface area is 93.6 Å². The second-order valence-corrected chi connectivity index (χ2v) is 3.46. The summed E-state index contributed by atoms with van der Waals surface area (Å²) in [7, 11) is 1.35. The number of ether oxygens (including phenoxy) is 1. The summed E-state index contributed by atoms with van der Waals surface area (Å²) in [4.78, 5) is 11.6. The summed E-state index contributed by atoms with van der Waals surface area (Å²) in [5.41, 5.74) is 5.73. The van der Waals surface area contributed by atoms with Crippen molar-refractivity contribution in [2.75, 3.05) is 13.7 Å². The fraction of sp³-hybridized carbons (Fsp3) is 0.364. The number of halogens is 1. The molecule has 4 nitrogen and oxygen atoms in total. The first-order valence-electron chi connectivity index (χ1n) is 4.93. The lowest BCUT2D eigenvalue weighted by Crippen LogP contribution is -2.37. The molecule has 16 heavy (non-hydrogen) atoms. The Kier molecular flexibility index (Phi) is 4.25. The van der Waals surface area contributed by atoms with Gasteiger partial charge >= 0.3 is 0 Å². The third-order valence-electron chi connectivity index (χ3n) is 2.14. The Bertz CT molecular complexity index is 382. The Balaban J connectivity index is 2.84. The van der Waals surface area contributed by atoms with Crippen LogP contribution < -0.4 is 15.8 Å².